The summed E-state index contributed by atoms with van der Waals surface area (Å²) in [5, 5.41) is 8.55. The third kappa shape index (κ3) is 1.54. The molecule has 5 heteroatoms. The number of rotatable bonds is 0. The van der Waals surface area contributed by atoms with Crippen molar-refractivity contribution in [2.45, 2.75) is 0 Å². The maximum Gasteiger partial charge on any atom is 0.156 e. The number of anilines is 1. The highest BCUT2D eigenvalue weighted by molar-refractivity contribution is 14.1. The van der Waals surface area contributed by atoms with Crippen LogP contribution >= 0.6 is 38.5 Å². The number of nitriles is 1. The summed E-state index contributed by atoms with van der Waals surface area (Å²) in [5.41, 5.74) is 5.50. The Bertz CT molecular complexity index is 346. The number of halogens is 3. The van der Waals surface area contributed by atoms with E-state index >= 15 is 0 Å². The van der Waals surface area contributed by atoms with E-state index in [0.717, 1.165) is 0 Å². The molecule has 1 rings (SSSR count). The van der Waals surface area contributed by atoms with Crippen LogP contribution in [0.15, 0.2) is 10.5 Å². The minimum atomic E-state index is -0.557. The standard InChI is InChI=1S/C7H3BrFIN2/c8-4-1-5(10)6(9)3(2-11)7(4)12/h1H,12H2. The van der Waals surface area contributed by atoms with Crippen molar-refractivity contribution in [2.75, 3.05) is 5.73 Å². The van der Waals surface area contributed by atoms with Gasteiger partial charge in [-0.2, -0.15) is 5.26 Å². The van der Waals surface area contributed by atoms with Gasteiger partial charge in [-0.15, -0.1) is 0 Å². The molecule has 1 aromatic rings. The first kappa shape index (κ1) is 9.74. The van der Waals surface area contributed by atoms with E-state index in [4.69, 9.17) is 11.0 Å². The van der Waals surface area contributed by atoms with E-state index in [1.807, 2.05) is 0 Å². The zero-order chi connectivity index (χ0) is 9.30. The van der Waals surface area contributed by atoms with Gasteiger partial charge >= 0.3 is 0 Å². The van der Waals surface area contributed by atoms with Crippen LogP contribution < -0.4 is 5.73 Å². The molecule has 62 valence electrons. The number of hydrogen-bond donors (Lipinski definition) is 1. The Labute approximate surface area is 90.8 Å². The molecule has 0 aromatic heterocycles. The van der Waals surface area contributed by atoms with Crippen LogP contribution in [0.4, 0.5) is 10.1 Å². The maximum absolute atomic E-state index is 13.1. The largest absolute Gasteiger partial charge is 0.397 e. The molecule has 0 atom stereocenters. The molecule has 0 bridgehead atoms. The highest BCUT2D eigenvalue weighted by Crippen LogP contribution is 2.28. The van der Waals surface area contributed by atoms with Crippen LogP contribution in [0.1, 0.15) is 5.56 Å². The van der Waals surface area contributed by atoms with Gasteiger partial charge in [-0.3, -0.25) is 0 Å². The Hall–Kier alpha value is -0.350. The molecular weight excluding hydrogens is 338 g/mol. The molecule has 0 spiro atoms. The summed E-state index contributed by atoms with van der Waals surface area (Å²) < 4.78 is 14.0. The fourth-order valence-corrected chi connectivity index (χ4v) is 2.15. The molecule has 0 aliphatic heterocycles. The van der Waals surface area contributed by atoms with E-state index in [2.05, 4.69) is 15.9 Å². The summed E-state index contributed by atoms with van der Waals surface area (Å²) in [6, 6.07) is 3.24. The number of nitrogens with two attached hydrogens (primary N) is 1. The van der Waals surface area contributed by atoms with Gasteiger partial charge in [0, 0.05) is 4.47 Å². The first-order valence-corrected chi connectivity index (χ1v) is 4.78. The molecule has 2 nitrogen and oxygen atoms in total. The molecule has 1 aromatic carbocycles. The molecular formula is C7H3BrFIN2. The Morgan fingerprint density at radius 2 is 2.25 bits per heavy atom. The van der Waals surface area contributed by atoms with Gasteiger partial charge in [-0.25, -0.2) is 4.39 Å². The minimum absolute atomic E-state index is 0.103. The van der Waals surface area contributed by atoms with Crippen molar-refractivity contribution in [1.82, 2.24) is 0 Å². The average molecular weight is 341 g/mol. The van der Waals surface area contributed by atoms with Crippen LogP contribution in [0.5, 0.6) is 0 Å². The van der Waals surface area contributed by atoms with Gasteiger partial charge in [0.1, 0.15) is 11.6 Å². The number of nitrogen functional groups attached to an aromatic ring is 1. The summed E-state index contributed by atoms with van der Waals surface area (Å²) in [4.78, 5) is 0. The van der Waals surface area contributed by atoms with Crippen molar-refractivity contribution < 1.29 is 4.39 Å². The van der Waals surface area contributed by atoms with Crippen molar-refractivity contribution in [3.8, 4) is 6.07 Å². The zero-order valence-electron chi connectivity index (χ0n) is 5.74. The summed E-state index contributed by atoms with van der Waals surface area (Å²) in [6.45, 7) is 0. The van der Waals surface area contributed by atoms with Gasteiger partial charge in [-0.1, -0.05) is 0 Å². The molecule has 0 amide bonds. The van der Waals surface area contributed by atoms with Crippen LogP contribution in [0.3, 0.4) is 0 Å². The third-order valence-electron chi connectivity index (χ3n) is 1.32. The molecule has 0 fully saturated rings. The average Bonchev–Trinajstić information content (AvgIpc) is 2.02. The van der Waals surface area contributed by atoms with Gasteiger partial charge in [0.25, 0.3) is 0 Å². The summed E-state index contributed by atoms with van der Waals surface area (Å²) in [5.74, 6) is -0.557. The molecule has 2 N–H and O–H groups in total. The van der Waals surface area contributed by atoms with E-state index in [-0.39, 0.29) is 11.3 Å². The summed E-state index contributed by atoms with van der Waals surface area (Å²) >= 11 is 4.93. The highest BCUT2D eigenvalue weighted by atomic mass is 127. The van der Waals surface area contributed by atoms with Crippen molar-refractivity contribution in [3.05, 3.63) is 25.5 Å². The van der Waals surface area contributed by atoms with E-state index in [0.29, 0.717) is 8.04 Å². The second-order valence-electron chi connectivity index (χ2n) is 2.05. The summed E-state index contributed by atoms with van der Waals surface area (Å²) in [6.07, 6.45) is 0. The van der Waals surface area contributed by atoms with Gasteiger partial charge in [0.15, 0.2) is 5.82 Å². The lowest BCUT2D eigenvalue weighted by atomic mass is 10.2. The van der Waals surface area contributed by atoms with E-state index < -0.39 is 5.82 Å². The minimum Gasteiger partial charge on any atom is -0.397 e. The van der Waals surface area contributed by atoms with E-state index in [1.165, 1.54) is 6.07 Å². The number of nitrogens with zero attached hydrogens (tertiary/aromatic N) is 1. The Morgan fingerprint density at radius 1 is 1.67 bits per heavy atom. The monoisotopic (exact) mass is 340 g/mol. The van der Waals surface area contributed by atoms with Crippen molar-refractivity contribution in [1.29, 1.82) is 5.26 Å². The Morgan fingerprint density at radius 3 is 2.75 bits per heavy atom. The fourth-order valence-electron chi connectivity index (χ4n) is 0.719. The molecule has 0 radical (unpaired) electrons. The molecule has 0 aliphatic rings. The second-order valence-corrected chi connectivity index (χ2v) is 4.07. The molecule has 0 aliphatic carbocycles. The normalized spacial score (nSPS) is 9.50. The first-order chi connectivity index (χ1) is 5.57. The van der Waals surface area contributed by atoms with E-state index in [1.54, 1.807) is 28.7 Å². The zero-order valence-corrected chi connectivity index (χ0v) is 9.48. The van der Waals surface area contributed by atoms with Gasteiger partial charge in [-0.05, 0) is 44.6 Å². The first-order valence-electron chi connectivity index (χ1n) is 2.91. The lowest BCUT2D eigenvalue weighted by Gasteiger charge is -2.03. The van der Waals surface area contributed by atoms with Crippen LogP contribution in [-0.2, 0) is 0 Å². The lowest BCUT2D eigenvalue weighted by molar-refractivity contribution is 0.617. The van der Waals surface area contributed by atoms with Gasteiger partial charge in [0.2, 0.25) is 0 Å². The quantitative estimate of drug-likeness (QED) is 0.448. The van der Waals surface area contributed by atoms with Crippen LogP contribution in [-0.4, -0.2) is 0 Å². The fraction of sp³-hybridized carbons (Fsp3) is 0. The predicted molar refractivity (Wildman–Crippen MR) is 55.9 cm³/mol. The third-order valence-corrected chi connectivity index (χ3v) is 2.76. The molecule has 0 saturated heterocycles. The van der Waals surface area contributed by atoms with Crippen LogP contribution in [0, 0.1) is 20.7 Å². The SMILES string of the molecule is N#Cc1c(N)c(Br)cc(I)c1F. The molecule has 0 unspecified atom stereocenters. The van der Waals surface area contributed by atoms with Gasteiger partial charge < -0.3 is 5.73 Å². The van der Waals surface area contributed by atoms with Crippen molar-refractivity contribution in [3.63, 3.8) is 0 Å². The highest BCUT2D eigenvalue weighted by Gasteiger charge is 2.12. The van der Waals surface area contributed by atoms with Crippen molar-refractivity contribution in [2.24, 2.45) is 0 Å². The van der Waals surface area contributed by atoms with Crippen LogP contribution in [0.25, 0.3) is 0 Å². The predicted octanol–water partition coefficient (Wildman–Crippen LogP) is 2.65. The second kappa shape index (κ2) is 3.58. The van der Waals surface area contributed by atoms with Crippen molar-refractivity contribution >= 4 is 44.2 Å². The van der Waals surface area contributed by atoms with Gasteiger partial charge in [0.05, 0.1) is 9.26 Å². The number of benzene rings is 1. The van der Waals surface area contributed by atoms with E-state index in [9.17, 15) is 4.39 Å². The maximum atomic E-state index is 13.1. The topological polar surface area (TPSA) is 49.8 Å². The molecule has 0 heterocycles. The Kier molecular flexibility index (Phi) is 2.90. The molecule has 12 heavy (non-hydrogen) atoms. The molecule has 0 saturated carbocycles. The summed E-state index contributed by atoms with van der Waals surface area (Å²) in [7, 11) is 0. The number of hydrogen-bond acceptors (Lipinski definition) is 2. The lowest BCUT2D eigenvalue weighted by Crippen LogP contribution is -1.97. The van der Waals surface area contributed by atoms with Crippen LogP contribution in [0.2, 0.25) is 0 Å². The smallest absolute Gasteiger partial charge is 0.156 e. The Balaban J connectivity index is 3.56.